The zero-order valence-corrected chi connectivity index (χ0v) is 6.29. The molecule has 1 aliphatic rings. The normalized spacial score (nSPS) is 33.8. The lowest BCUT2D eigenvalue weighted by molar-refractivity contribution is 0.651. The molecule has 0 bridgehead atoms. The fraction of sp³-hybridized carbons (Fsp3) is 0.750. The van der Waals surface area contributed by atoms with Crippen molar-refractivity contribution < 1.29 is 0 Å². The topological polar surface area (TPSA) is 52.0 Å². The van der Waals surface area contributed by atoms with Gasteiger partial charge in [0.2, 0.25) is 0 Å². The Hall–Kier alpha value is -0.340. The van der Waals surface area contributed by atoms with E-state index in [1.54, 1.807) is 0 Å². The minimum absolute atomic E-state index is 0.437. The molecule has 0 radical (unpaired) electrons. The molecule has 1 fully saturated rings. The second-order valence-electron chi connectivity index (χ2n) is 3.00. The first-order chi connectivity index (χ1) is 4.83. The van der Waals surface area contributed by atoms with Crippen LogP contribution in [-0.4, -0.2) is 12.6 Å². The van der Waals surface area contributed by atoms with E-state index in [2.05, 4.69) is 6.08 Å². The van der Waals surface area contributed by atoms with Gasteiger partial charge in [0, 0.05) is 12.6 Å². The first-order valence-corrected chi connectivity index (χ1v) is 3.95. The molecular weight excluding hydrogens is 124 g/mol. The Kier molecular flexibility index (Phi) is 2.90. The van der Waals surface area contributed by atoms with E-state index in [9.17, 15) is 0 Å². The molecule has 10 heavy (non-hydrogen) atoms. The predicted molar refractivity (Wildman–Crippen MR) is 43.5 cm³/mol. The Labute approximate surface area is 62.3 Å². The average Bonchev–Trinajstić information content (AvgIpc) is 2.31. The predicted octanol–water partition coefficient (Wildman–Crippen LogP) is 0.629. The van der Waals surface area contributed by atoms with Crippen LogP contribution in [0.2, 0.25) is 0 Å². The maximum absolute atomic E-state index is 5.73. The SMILES string of the molecule is NCC=C[C@@H]1CC[C@@H](N)C1. The summed E-state index contributed by atoms with van der Waals surface area (Å²) in [5.41, 5.74) is 11.1. The highest BCUT2D eigenvalue weighted by molar-refractivity contribution is 4.94. The second-order valence-corrected chi connectivity index (χ2v) is 3.00. The van der Waals surface area contributed by atoms with Crippen molar-refractivity contribution in [3.05, 3.63) is 12.2 Å². The Balaban J connectivity index is 2.24. The van der Waals surface area contributed by atoms with Gasteiger partial charge in [-0.25, -0.2) is 0 Å². The third-order valence-electron chi connectivity index (χ3n) is 2.06. The molecule has 0 heterocycles. The van der Waals surface area contributed by atoms with Gasteiger partial charge in [-0.15, -0.1) is 0 Å². The minimum atomic E-state index is 0.437. The third-order valence-corrected chi connectivity index (χ3v) is 2.06. The zero-order valence-electron chi connectivity index (χ0n) is 6.29. The summed E-state index contributed by atoms with van der Waals surface area (Å²) in [5.74, 6) is 0.707. The first kappa shape index (κ1) is 7.76. The number of allylic oxidation sites excluding steroid dienone is 1. The Bertz CT molecular complexity index is 120. The number of hydrogen-bond acceptors (Lipinski definition) is 2. The van der Waals surface area contributed by atoms with Gasteiger partial charge in [-0.3, -0.25) is 0 Å². The first-order valence-electron chi connectivity index (χ1n) is 3.95. The molecule has 0 unspecified atom stereocenters. The van der Waals surface area contributed by atoms with Gasteiger partial charge in [0.15, 0.2) is 0 Å². The van der Waals surface area contributed by atoms with Gasteiger partial charge in [-0.2, -0.15) is 0 Å². The molecule has 0 spiro atoms. The van der Waals surface area contributed by atoms with Crippen molar-refractivity contribution in [2.24, 2.45) is 17.4 Å². The van der Waals surface area contributed by atoms with Crippen molar-refractivity contribution >= 4 is 0 Å². The molecule has 1 aliphatic carbocycles. The van der Waals surface area contributed by atoms with Crippen LogP contribution in [0.5, 0.6) is 0 Å². The molecule has 0 saturated heterocycles. The van der Waals surface area contributed by atoms with Crippen LogP contribution < -0.4 is 11.5 Å². The molecule has 0 aromatic heterocycles. The smallest absolute Gasteiger partial charge is 0.0106 e. The van der Waals surface area contributed by atoms with E-state index in [0.29, 0.717) is 18.5 Å². The molecule has 0 aromatic carbocycles. The van der Waals surface area contributed by atoms with E-state index in [0.717, 1.165) is 6.42 Å². The molecule has 2 nitrogen and oxygen atoms in total. The molecule has 2 heteroatoms. The molecule has 58 valence electrons. The summed E-state index contributed by atoms with van der Waals surface area (Å²) in [6.07, 6.45) is 7.81. The highest BCUT2D eigenvalue weighted by Crippen LogP contribution is 2.24. The Morgan fingerprint density at radius 3 is 2.70 bits per heavy atom. The average molecular weight is 140 g/mol. The maximum Gasteiger partial charge on any atom is 0.0106 e. The molecule has 0 aromatic rings. The zero-order chi connectivity index (χ0) is 7.40. The van der Waals surface area contributed by atoms with Crippen LogP contribution in [0.15, 0.2) is 12.2 Å². The van der Waals surface area contributed by atoms with E-state index in [1.807, 2.05) is 6.08 Å². The summed E-state index contributed by atoms with van der Waals surface area (Å²) in [7, 11) is 0. The van der Waals surface area contributed by atoms with Gasteiger partial charge in [0.25, 0.3) is 0 Å². The van der Waals surface area contributed by atoms with Gasteiger partial charge >= 0.3 is 0 Å². The molecule has 2 atom stereocenters. The van der Waals surface area contributed by atoms with Crippen molar-refractivity contribution in [3.63, 3.8) is 0 Å². The van der Waals surface area contributed by atoms with Crippen LogP contribution in [-0.2, 0) is 0 Å². The minimum Gasteiger partial charge on any atom is -0.328 e. The molecule has 0 amide bonds. The number of hydrogen-bond donors (Lipinski definition) is 2. The number of rotatable bonds is 2. The fourth-order valence-electron chi connectivity index (χ4n) is 1.50. The van der Waals surface area contributed by atoms with Crippen molar-refractivity contribution in [2.45, 2.75) is 25.3 Å². The van der Waals surface area contributed by atoms with Crippen LogP contribution in [0.1, 0.15) is 19.3 Å². The monoisotopic (exact) mass is 140 g/mol. The standard InChI is InChI=1S/C8H16N2/c9-5-1-2-7-3-4-8(10)6-7/h1-2,7-8H,3-6,9-10H2/t7-,8-/m1/s1. The molecule has 1 saturated carbocycles. The number of nitrogens with two attached hydrogens (primary N) is 2. The van der Waals surface area contributed by atoms with Crippen LogP contribution in [0.4, 0.5) is 0 Å². The Morgan fingerprint density at radius 2 is 2.20 bits per heavy atom. The van der Waals surface area contributed by atoms with E-state index < -0.39 is 0 Å². The van der Waals surface area contributed by atoms with Gasteiger partial charge in [0.05, 0.1) is 0 Å². The highest BCUT2D eigenvalue weighted by atomic mass is 14.6. The van der Waals surface area contributed by atoms with Crippen molar-refractivity contribution in [3.8, 4) is 0 Å². The largest absolute Gasteiger partial charge is 0.328 e. The summed E-state index contributed by atoms with van der Waals surface area (Å²) < 4.78 is 0. The molecule has 4 N–H and O–H groups in total. The summed E-state index contributed by atoms with van der Waals surface area (Å²) in [6.45, 7) is 0.658. The van der Waals surface area contributed by atoms with Gasteiger partial charge in [-0.05, 0) is 25.2 Å². The van der Waals surface area contributed by atoms with Gasteiger partial charge in [0.1, 0.15) is 0 Å². The summed E-state index contributed by atoms with van der Waals surface area (Å²) in [4.78, 5) is 0. The maximum atomic E-state index is 5.73. The molecule has 0 aliphatic heterocycles. The van der Waals surface area contributed by atoms with E-state index in [4.69, 9.17) is 11.5 Å². The second kappa shape index (κ2) is 3.74. The lowest BCUT2D eigenvalue weighted by Crippen LogP contribution is -2.14. The summed E-state index contributed by atoms with van der Waals surface area (Å²) in [5, 5.41) is 0. The van der Waals surface area contributed by atoms with Crippen LogP contribution in [0, 0.1) is 5.92 Å². The van der Waals surface area contributed by atoms with Crippen molar-refractivity contribution in [1.82, 2.24) is 0 Å². The Morgan fingerprint density at radius 1 is 1.40 bits per heavy atom. The van der Waals surface area contributed by atoms with E-state index >= 15 is 0 Å². The van der Waals surface area contributed by atoms with Gasteiger partial charge in [-0.1, -0.05) is 12.2 Å². The fourth-order valence-corrected chi connectivity index (χ4v) is 1.50. The van der Waals surface area contributed by atoms with Crippen molar-refractivity contribution in [2.75, 3.05) is 6.54 Å². The highest BCUT2D eigenvalue weighted by Gasteiger charge is 2.18. The van der Waals surface area contributed by atoms with Crippen LogP contribution >= 0.6 is 0 Å². The quantitative estimate of drug-likeness (QED) is 0.553. The molecule has 1 rings (SSSR count). The van der Waals surface area contributed by atoms with E-state index in [-0.39, 0.29) is 0 Å². The van der Waals surface area contributed by atoms with Crippen LogP contribution in [0.25, 0.3) is 0 Å². The van der Waals surface area contributed by atoms with E-state index in [1.165, 1.54) is 12.8 Å². The lowest BCUT2D eigenvalue weighted by atomic mass is 10.1. The van der Waals surface area contributed by atoms with Crippen LogP contribution in [0.3, 0.4) is 0 Å². The van der Waals surface area contributed by atoms with Crippen molar-refractivity contribution in [1.29, 1.82) is 0 Å². The summed E-state index contributed by atoms with van der Waals surface area (Å²) in [6, 6.07) is 0.437. The lowest BCUT2D eigenvalue weighted by Gasteiger charge is -2.00. The third kappa shape index (κ3) is 2.12. The van der Waals surface area contributed by atoms with Gasteiger partial charge < -0.3 is 11.5 Å². The summed E-state index contributed by atoms with van der Waals surface area (Å²) >= 11 is 0. The molecular formula is C8H16N2.